The summed E-state index contributed by atoms with van der Waals surface area (Å²) in [5.74, 6) is 1.60. The average molecular weight is 556 g/mol. The van der Waals surface area contributed by atoms with Crippen molar-refractivity contribution < 1.29 is 28.8 Å². The summed E-state index contributed by atoms with van der Waals surface area (Å²) in [6.07, 6.45) is 2.57. The minimum absolute atomic E-state index is 0.172. The Balaban J connectivity index is 1.98. The highest BCUT2D eigenvalue weighted by molar-refractivity contribution is 6.30. The Morgan fingerprint density at radius 3 is 2.18 bits per heavy atom. The molecule has 2 atom stereocenters. The van der Waals surface area contributed by atoms with Crippen LogP contribution in [-0.2, 0) is 17.8 Å². The summed E-state index contributed by atoms with van der Waals surface area (Å²) in [6.45, 7) is 5.11. The topological polar surface area (TPSA) is 77.5 Å². The number of nitrogens with zero attached hydrogens (tertiary/aromatic N) is 1. The number of ether oxygens (including phenoxy) is 4. The van der Waals surface area contributed by atoms with E-state index in [1.54, 1.807) is 45.6 Å². The summed E-state index contributed by atoms with van der Waals surface area (Å²) in [5, 5.41) is 10.9. The van der Waals surface area contributed by atoms with Gasteiger partial charge in [-0.2, -0.15) is 0 Å². The molecule has 0 heterocycles. The molecule has 0 aromatic heterocycles. The number of hydrogen-bond acceptors (Lipinski definition) is 6. The molecule has 1 unspecified atom stereocenters. The van der Waals surface area contributed by atoms with Crippen molar-refractivity contribution in [1.82, 2.24) is 4.90 Å². The van der Waals surface area contributed by atoms with Crippen LogP contribution in [0.5, 0.6) is 23.0 Å². The predicted molar refractivity (Wildman–Crippen MR) is 153 cm³/mol. The standard InChI is InChI=1S/C31H38ClNO6/c1-6-7-15-39-27-14-12-23(18-29(27)38-5)20-33(30(31(34)35)24-9-8-10-25(32)19-24)21(2)16-22-11-13-26(36-3)28(17-22)37-4/h8-14,17-19,21,30H,6-7,15-16,20H2,1-5H3,(H,34,35)/t21-,30?/m1/s1. The Labute approximate surface area is 236 Å². The summed E-state index contributed by atoms with van der Waals surface area (Å²) in [7, 11) is 4.80. The number of aliphatic carboxylic acids is 1. The zero-order valence-electron chi connectivity index (χ0n) is 23.3. The molecule has 1 N–H and O–H groups in total. The zero-order valence-corrected chi connectivity index (χ0v) is 24.0. The maximum atomic E-state index is 12.7. The van der Waals surface area contributed by atoms with Crippen molar-refractivity contribution in [3.8, 4) is 23.0 Å². The number of halogens is 1. The van der Waals surface area contributed by atoms with E-state index in [1.807, 2.05) is 48.2 Å². The summed E-state index contributed by atoms with van der Waals surface area (Å²) in [5.41, 5.74) is 2.51. The minimum atomic E-state index is -0.956. The molecule has 0 saturated heterocycles. The highest BCUT2D eigenvalue weighted by Crippen LogP contribution is 2.34. The van der Waals surface area contributed by atoms with Gasteiger partial charge in [0, 0.05) is 17.6 Å². The number of unbranched alkanes of at least 4 members (excludes halogenated alkanes) is 1. The molecule has 7 nitrogen and oxygen atoms in total. The van der Waals surface area contributed by atoms with E-state index < -0.39 is 12.0 Å². The largest absolute Gasteiger partial charge is 0.493 e. The predicted octanol–water partition coefficient (Wildman–Crippen LogP) is 6.80. The third-order valence-electron chi connectivity index (χ3n) is 6.62. The first kappa shape index (κ1) is 30.1. The first-order chi connectivity index (χ1) is 18.8. The van der Waals surface area contributed by atoms with Crippen molar-refractivity contribution >= 4 is 17.6 Å². The fourth-order valence-corrected chi connectivity index (χ4v) is 4.79. The number of hydrogen-bond donors (Lipinski definition) is 1. The van der Waals surface area contributed by atoms with Gasteiger partial charge in [0.05, 0.1) is 27.9 Å². The van der Waals surface area contributed by atoms with E-state index >= 15 is 0 Å². The van der Waals surface area contributed by atoms with Gasteiger partial charge in [0.25, 0.3) is 0 Å². The molecule has 3 aromatic rings. The molecular formula is C31H38ClNO6. The van der Waals surface area contributed by atoms with Gasteiger partial charge in [-0.3, -0.25) is 9.69 Å². The van der Waals surface area contributed by atoms with Crippen LogP contribution in [-0.4, -0.2) is 50.0 Å². The van der Waals surface area contributed by atoms with E-state index in [0.717, 1.165) is 24.0 Å². The van der Waals surface area contributed by atoms with E-state index in [4.69, 9.17) is 30.5 Å². The average Bonchev–Trinajstić information content (AvgIpc) is 2.93. The van der Waals surface area contributed by atoms with E-state index in [1.165, 1.54) is 0 Å². The number of benzene rings is 3. The second-order valence-corrected chi connectivity index (χ2v) is 9.83. The van der Waals surface area contributed by atoms with Crippen LogP contribution in [0.2, 0.25) is 5.02 Å². The second-order valence-electron chi connectivity index (χ2n) is 9.40. The van der Waals surface area contributed by atoms with Crippen LogP contribution < -0.4 is 18.9 Å². The van der Waals surface area contributed by atoms with Crippen LogP contribution >= 0.6 is 11.6 Å². The van der Waals surface area contributed by atoms with Crippen molar-refractivity contribution in [3.05, 3.63) is 82.4 Å². The lowest BCUT2D eigenvalue weighted by atomic mass is 9.98. The van der Waals surface area contributed by atoms with Gasteiger partial charge in [-0.1, -0.05) is 49.2 Å². The van der Waals surface area contributed by atoms with E-state index in [9.17, 15) is 9.90 Å². The third-order valence-corrected chi connectivity index (χ3v) is 6.86. The van der Waals surface area contributed by atoms with E-state index in [0.29, 0.717) is 53.2 Å². The van der Waals surface area contributed by atoms with E-state index in [-0.39, 0.29) is 6.04 Å². The van der Waals surface area contributed by atoms with Crippen LogP contribution in [0.25, 0.3) is 0 Å². The Kier molecular flexibility index (Phi) is 11.3. The molecule has 0 radical (unpaired) electrons. The van der Waals surface area contributed by atoms with Crippen LogP contribution in [0.4, 0.5) is 0 Å². The number of carboxylic acids is 1. The Morgan fingerprint density at radius 2 is 1.54 bits per heavy atom. The third kappa shape index (κ3) is 8.04. The number of methoxy groups -OCH3 is 3. The molecule has 3 rings (SSSR count). The van der Waals surface area contributed by atoms with Crippen molar-refractivity contribution in [1.29, 1.82) is 0 Å². The lowest BCUT2D eigenvalue weighted by Crippen LogP contribution is -2.41. The van der Waals surface area contributed by atoms with Gasteiger partial charge in [0.15, 0.2) is 23.0 Å². The van der Waals surface area contributed by atoms with Crippen LogP contribution in [0.1, 0.15) is 49.4 Å². The van der Waals surface area contributed by atoms with Gasteiger partial charge < -0.3 is 24.1 Å². The lowest BCUT2D eigenvalue weighted by molar-refractivity contribution is -0.145. The SMILES string of the molecule is CCCCOc1ccc(CN(C(C(=O)O)c2cccc(Cl)c2)[C@H](C)Cc2ccc(OC)c(OC)c2)cc1OC. The normalized spacial score (nSPS) is 12.6. The van der Waals surface area contributed by atoms with Crippen LogP contribution in [0.3, 0.4) is 0 Å². The minimum Gasteiger partial charge on any atom is -0.493 e. The summed E-state index contributed by atoms with van der Waals surface area (Å²) in [4.78, 5) is 14.7. The molecule has 0 bridgehead atoms. The first-order valence-corrected chi connectivity index (χ1v) is 13.4. The second kappa shape index (κ2) is 14.7. The summed E-state index contributed by atoms with van der Waals surface area (Å²) in [6, 6.07) is 17.4. The maximum Gasteiger partial charge on any atom is 0.325 e. The first-order valence-electron chi connectivity index (χ1n) is 13.1. The van der Waals surface area contributed by atoms with Crippen molar-refractivity contribution in [2.45, 2.75) is 51.7 Å². The molecule has 0 amide bonds. The molecular weight excluding hydrogens is 518 g/mol. The van der Waals surface area contributed by atoms with Gasteiger partial charge in [0.1, 0.15) is 6.04 Å². The highest BCUT2D eigenvalue weighted by atomic mass is 35.5. The molecule has 8 heteroatoms. The van der Waals surface area contributed by atoms with Gasteiger partial charge in [0.2, 0.25) is 0 Å². The lowest BCUT2D eigenvalue weighted by Gasteiger charge is -2.35. The summed E-state index contributed by atoms with van der Waals surface area (Å²) < 4.78 is 22.4. The quantitative estimate of drug-likeness (QED) is 0.206. The Bertz CT molecular complexity index is 1230. The fourth-order valence-electron chi connectivity index (χ4n) is 4.59. The molecule has 0 aliphatic heterocycles. The van der Waals surface area contributed by atoms with Gasteiger partial charge in [-0.05, 0) is 72.9 Å². The van der Waals surface area contributed by atoms with Gasteiger partial charge >= 0.3 is 5.97 Å². The smallest absolute Gasteiger partial charge is 0.325 e. The molecule has 39 heavy (non-hydrogen) atoms. The number of carbonyl (C=O) groups is 1. The molecule has 0 aliphatic rings. The number of carboxylic acid groups (broad SMARTS) is 1. The molecule has 0 saturated carbocycles. The molecule has 0 spiro atoms. The highest BCUT2D eigenvalue weighted by Gasteiger charge is 2.32. The fraction of sp³-hybridized carbons (Fsp3) is 0.387. The Morgan fingerprint density at radius 1 is 0.897 bits per heavy atom. The molecule has 3 aromatic carbocycles. The van der Waals surface area contributed by atoms with Gasteiger partial charge in [-0.25, -0.2) is 0 Å². The number of rotatable bonds is 15. The summed E-state index contributed by atoms with van der Waals surface area (Å²) >= 11 is 6.27. The van der Waals surface area contributed by atoms with Crippen molar-refractivity contribution in [2.24, 2.45) is 0 Å². The Hall–Kier alpha value is -3.42. The van der Waals surface area contributed by atoms with Crippen molar-refractivity contribution in [2.75, 3.05) is 27.9 Å². The monoisotopic (exact) mass is 555 g/mol. The molecule has 0 fully saturated rings. The van der Waals surface area contributed by atoms with Crippen molar-refractivity contribution in [3.63, 3.8) is 0 Å². The zero-order chi connectivity index (χ0) is 28.4. The van der Waals surface area contributed by atoms with E-state index in [2.05, 4.69) is 6.92 Å². The van der Waals surface area contributed by atoms with Crippen LogP contribution in [0.15, 0.2) is 60.7 Å². The molecule has 0 aliphatic carbocycles. The maximum absolute atomic E-state index is 12.7. The van der Waals surface area contributed by atoms with Crippen LogP contribution in [0, 0.1) is 0 Å². The molecule has 210 valence electrons. The van der Waals surface area contributed by atoms with Gasteiger partial charge in [-0.15, -0.1) is 0 Å².